The van der Waals surface area contributed by atoms with E-state index in [1.54, 1.807) is 6.07 Å². The maximum absolute atomic E-state index is 13.2. The molecule has 0 unspecified atom stereocenters. The van der Waals surface area contributed by atoms with Gasteiger partial charge in [-0.1, -0.05) is 42.5 Å². The van der Waals surface area contributed by atoms with Gasteiger partial charge in [0.2, 0.25) is 5.91 Å². The van der Waals surface area contributed by atoms with Gasteiger partial charge in [-0.3, -0.25) is 4.79 Å². The van der Waals surface area contributed by atoms with E-state index < -0.39 is 0 Å². The van der Waals surface area contributed by atoms with Crippen LogP contribution in [-0.2, 0) is 17.9 Å². The third kappa shape index (κ3) is 7.03. The smallest absolute Gasteiger partial charge is 0.239 e. The zero-order valence-electron chi connectivity index (χ0n) is 14.3. The molecule has 5 nitrogen and oxygen atoms in total. The SMILES string of the molecule is CCNC(=NCc1cccc(F)c1)NCC(=O)NCc1ccccc1. The van der Waals surface area contributed by atoms with Gasteiger partial charge < -0.3 is 16.0 Å². The summed E-state index contributed by atoms with van der Waals surface area (Å²) in [6.07, 6.45) is 0. The quantitative estimate of drug-likeness (QED) is 0.534. The standard InChI is InChI=1S/C19H23FN4O/c1-2-21-19(23-13-16-9-6-10-17(20)11-16)24-14-18(25)22-12-15-7-4-3-5-8-15/h3-11H,2,12-14H2,1H3,(H,22,25)(H2,21,23,24). The number of guanidine groups is 1. The van der Waals surface area contributed by atoms with Crippen LogP contribution in [0.3, 0.4) is 0 Å². The molecule has 1 amide bonds. The number of nitrogens with zero attached hydrogens (tertiary/aromatic N) is 1. The molecule has 2 aromatic rings. The van der Waals surface area contributed by atoms with Crippen LogP contribution in [0.4, 0.5) is 4.39 Å². The van der Waals surface area contributed by atoms with E-state index in [9.17, 15) is 9.18 Å². The van der Waals surface area contributed by atoms with Crippen LogP contribution in [0.25, 0.3) is 0 Å². The number of carbonyl (C=O) groups is 1. The summed E-state index contributed by atoms with van der Waals surface area (Å²) < 4.78 is 13.2. The van der Waals surface area contributed by atoms with Crippen LogP contribution in [0.5, 0.6) is 0 Å². The molecule has 6 heteroatoms. The topological polar surface area (TPSA) is 65.5 Å². The second kappa shape index (κ2) is 10.1. The van der Waals surface area contributed by atoms with Crippen LogP contribution in [0.15, 0.2) is 59.6 Å². The molecule has 0 heterocycles. The van der Waals surface area contributed by atoms with E-state index in [-0.39, 0.29) is 18.3 Å². The normalized spacial score (nSPS) is 11.0. The monoisotopic (exact) mass is 342 g/mol. The van der Waals surface area contributed by atoms with Gasteiger partial charge in [-0.25, -0.2) is 9.38 Å². The van der Waals surface area contributed by atoms with Crippen LogP contribution in [0.1, 0.15) is 18.1 Å². The van der Waals surface area contributed by atoms with Gasteiger partial charge in [0.25, 0.3) is 0 Å². The maximum Gasteiger partial charge on any atom is 0.239 e. The highest BCUT2D eigenvalue weighted by atomic mass is 19.1. The van der Waals surface area contributed by atoms with E-state index in [1.165, 1.54) is 12.1 Å². The largest absolute Gasteiger partial charge is 0.357 e. The van der Waals surface area contributed by atoms with Gasteiger partial charge in [0, 0.05) is 13.1 Å². The van der Waals surface area contributed by atoms with Crippen molar-refractivity contribution in [1.82, 2.24) is 16.0 Å². The first-order valence-corrected chi connectivity index (χ1v) is 8.24. The van der Waals surface area contributed by atoms with Crippen molar-refractivity contribution in [1.29, 1.82) is 0 Å². The Morgan fingerprint density at radius 2 is 1.76 bits per heavy atom. The number of hydrogen-bond donors (Lipinski definition) is 3. The zero-order chi connectivity index (χ0) is 17.9. The molecule has 0 fully saturated rings. The Balaban J connectivity index is 1.81. The maximum atomic E-state index is 13.2. The second-order valence-corrected chi connectivity index (χ2v) is 5.44. The Kier molecular flexibility index (Phi) is 7.43. The van der Waals surface area contributed by atoms with Crippen LogP contribution >= 0.6 is 0 Å². The lowest BCUT2D eigenvalue weighted by atomic mass is 10.2. The summed E-state index contributed by atoms with van der Waals surface area (Å²) >= 11 is 0. The van der Waals surface area contributed by atoms with Crippen LogP contribution in [-0.4, -0.2) is 25.0 Å². The molecule has 0 aromatic heterocycles. The highest BCUT2D eigenvalue weighted by Crippen LogP contribution is 2.04. The Bertz CT molecular complexity index is 704. The first-order chi connectivity index (χ1) is 12.2. The number of rotatable bonds is 7. The number of aliphatic imine (C=N–C) groups is 1. The molecule has 0 bridgehead atoms. The Morgan fingerprint density at radius 3 is 2.48 bits per heavy atom. The third-order valence-electron chi connectivity index (χ3n) is 3.40. The lowest BCUT2D eigenvalue weighted by molar-refractivity contribution is -0.120. The Hall–Kier alpha value is -2.89. The fourth-order valence-corrected chi connectivity index (χ4v) is 2.17. The highest BCUT2D eigenvalue weighted by Gasteiger charge is 2.04. The summed E-state index contributed by atoms with van der Waals surface area (Å²) in [5.41, 5.74) is 1.81. The number of hydrogen-bond acceptors (Lipinski definition) is 2. The van der Waals surface area contributed by atoms with Gasteiger partial charge in [-0.05, 0) is 30.2 Å². The number of benzene rings is 2. The first-order valence-electron chi connectivity index (χ1n) is 8.24. The summed E-state index contributed by atoms with van der Waals surface area (Å²) in [4.78, 5) is 16.3. The van der Waals surface area contributed by atoms with E-state index >= 15 is 0 Å². The van der Waals surface area contributed by atoms with Crippen molar-refractivity contribution >= 4 is 11.9 Å². The van der Waals surface area contributed by atoms with Gasteiger partial charge in [-0.15, -0.1) is 0 Å². The predicted octanol–water partition coefficient (Wildman–Crippen LogP) is 2.20. The summed E-state index contributed by atoms with van der Waals surface area (Å²) in [5.74, 6) is 0.104. The fourth-order valence-electron chi connectivity index (χ4n) is 2.17. The van der Waals surface area contributed by atoms with Crippen LogP contribution < -0.4 is 16.0 Å². The molecule has 25 heavy (non-hydrogen) atoms. The molecule has 2 aromatic carbocycles. The zero-order valence-corrected chi connectivity index (χ0v) is 14.3. The first kappa shape index (κ1) is 18.4. The minimum absolute atomic E-state index is 0.113. The predicted molar refractivity (Wildman–Crippen MR) is 97.5 cm³/mol. The molecular weight excluding hydrogens is 319 g/mol. The van der Waals surface area contributed by atoms with Crippen LogP contribution in [0, 0.1) is 5.82 Å². The second-order valence-electron chi connectivity index (χ2n) is 5.44. The van der Waals surface area contributed by atoms with Gasteiger partial charge in [0.1, 0.15) is 5.82 Å². The summed E-state index contributed by atoms with van der Waals surface area (Å²) in [5, 5.41) is 8.88. The molecule has 0 saturated carbocycles. The van der Waals surface area contributed by atoms with E-state index in [2.05, 4.69) is 20.9 Å². The van der Waals surface area contributed by atoms with E-state index in [1.807, 2.05) is 43.3 Å². The number of amides is 1. The fraction of sp³-hybridized carbons (Fsp3) is 0.263. The van der Waals surface area contributed by atoms with Crippen molar-refractivity contribution in [3.05, 3.63) is 71.5 Å². The number of halogens is 1. The van der Waals surface area contributed by atoms with Crippen molar-refractivity contribution in [3.63, 3.8) is 0 Å². The lowest BCUT2D eigenvalue weighted by Crippen LogP contribution is -2.43. The third-order valence-corrected chi connectivity index (χ3v) is 3.40. The van der Waals surface area contributed by atoms with Crippen molar-refractivity contribution in [2.75, 3.05) is 13.1 Å². The number of nitrogens with one attached hydrogen (secondary N) is 3. The molecule has 0 aliphatic carbocycles. The highest BCUT2D eigenvalue weighted by molar-refractivity contribution is 5.86. The molecule has 0 saturated heterocycles. The average molecular weight is 342 g/mol. The van der Waals surface area contributed by atoms with Crippen molar-refractivity contribution < 1.29 is 9.18 Å². The Labute approximate surface area is 147 Å². The molecule has 132 valence electrons. The van der Waals surface area contributed by atoms with Crippen molar-refractivity contribution in [3.8, 4) is 0 Å². The van der Waals surface area contributed by atoms with Crippen LogP contribution in [0.2, 0.25) is 0 Å². The molecule has 0 aliphatic heterocycles. The summed E-state index contributed by atoms with van der Waals surface area (Å²) in [7, 11) is 0. The Morgan fingerprint density at radius 1 is 1.00 bits per heavy atom. The molecule has 0 atom stereocenters. The van der Waals surface area contributed by atoms with Gasteiger partial charge in [0.05, 0.1) is 13.1 Å². The lowest BCUT2D eigenvalue weighted by Gasteiger charge is -2.11. The van der Waals surface area contributed by atoms with E-state index in [0.29, 0.717) is 25.6 Å². The van der Waals surface area contributed by atoms with E-state index in [4.69, 9.17) is 0 Å². The molecule has 0 aliphatic rings. The minimum atomic E-state index is -0.286. The number of carbonyl (C=O) groups excluding carboxylic acids is 1. The molecule has 3 N–H and O–H groups in total. The van der Waals surface area contributed by atoms with Crippen molar-refractivity contribution in [2.45, 2.75) is 20.0 Å². The van der Waals surface area contributed by atoms with Gasteiger partial charge >= 0.3 is 0 Å². The van der Waals surface area contributed by atoms with Crippen molar-refractivity contribution in [2.24, 2.45) is 4.99 Å². The molecular formula is C19H23FN4O. The summed E-state index contributed by atoms with van der Waals surface area (Å²) in [6, 6.07) is 16.0. The van der Waals surface area contributed by atoms with Gasteiger partial charge in [-0.2, -0.15) is 0 Å². The molecule has 2 rings (SSSR count). The summed E-state index contributed by atoms with van der Waals surface area (Å²) in [6.45, 7) is 3.54. The van der Waals surface area contributed by atoms with Gasteiger partial charge in [0.15, 0.2) is 5.96 Å². The molecule has 0 spiro atoms. The van der Waals surface area contributed by atoms with E-state index in [0.717, 1.165) is 11.1 Å². The minimum Gasteiger partial charge on any atom is -0.357 e. The average Bonchev–Trinajstić information content (AvgIpc) is 2.63. The molecule has 0 radical (unpaired) electrons.